The summed E-state index contributed by atoms with van der Waals surface area (Å²) in [7, 11) is 0. The summed E-state index contributed by atoms with van der Waals surface area (Å²) < 4.78 is 0. The van der Waals surface area contributed by atoms with Crippen LogP contribution in [0, 0.1) is 5.92 Å². The Morgan fingerprint density at radius 1 is 1.14 bits per heavy atom. The van der Waals surface area contributed by atoms with Gasteiger partial charge in [0.25, 0.3) is 0 Å². The highest BCUT2D eigenvalue weighted by Gasteiger charge is 2.36. The third-order valence-electron chi connectivity index (χ3n) is 5.50. The lowest BCUT2D eigenvalue weighted by molar-refractivity contribution is 0.0745. The fraction of sp³-hybridized carbons (Fsp3) is 0.684. The summed E-state index contributed by atoms with van der Waals surface area (Å²) >= 11 is 0. The fourth-order valence-corrected chi connectivity index (χ4v) is 3.94. The molecule has 2 unspecified atom stereocenters. The van der Waals surface area contributed by atoms with E-state index >= 15 is 0 Å². The van der Waals surface area contributed by atoms with Crippen LogP contribution in [-0.2, 0) is 6.54 Å². The molecule has 0 heterocycles. The van der Waals surface area contributed by atoms with Crippen LogP contribution >= 0.6 is 0 Å². The van der Waals surface area contributed by atoms with Gasteiger partial charge in [0.05, 0.1) is 0 Å². The highest BCUT2D eigenvalue weighted by molar-refractivity contribution is 5.15. The summed E-state index contributed by atoms with van der Waals surface area (Å²) in [6, 6.07) is 10.8. The molecule has 0 amide bonds. The first-order valence-electron chi connectivity index (χ1n) is 8.73. The lowest BCUT2D eigenvalue weighted by atomic mass is 9.87. The monoisotopic (exact) mass is 288 g/mol. The number of rotatable bonds is 6. The molecule has 1 aromatic rings. The Morgan fingerprint density at radius 2 is 1.90 bits per heavy atom. The Morgan fingerprint density at radius 3 is 2.52 bits per heavy atom. The zero-order chi connectivity index (χ0) is 15.1. The van der Waals surface area contributed by atoms with Crippen LogP contribution in [0.15, 0.2) is 30.3 Å². The van der Waals surface area contributed by atoms with E-state index < -0.39 is 0 Å². The van der Waals surface area contributed by atoms with Crippen molar-refractivity contribution in [3.8, 4) is 0 Å². The summed E-state index contributed by atoms with van der Waals surface area (Å²) in [5.41, 5.74) is 7.91. The van der Waals surface area contributed by atoms with Crippen LogP contribution in [0.25, 0.3) is 0 Å². The molecule has 0 aromatic heterocycles. The van der Waals surface area contributed by atoms with Gasteiger partial charge in [0.1, 0.15) is 0 Å². The zero-order valence-electron chi connectivity index (χ0n) is 13.9. The molecule has 2 atom stereocenters. The van der Waals surface area contributed by atoms with Gasteiger partial charge in [0.15, 0.2) is 0 Å². The maximum absolute atomic E-state index is 6.28. The highest BCUT2D eigenvalue weighted by atomic mass is 15.2. The number of nitrogens with two attached hydrogens (primary N) is 1. The van der Waals surface area contributed by atoms with Crippen molar-refractivity contribution in [2.45, 2.75) is 64.5 Å². The van der Waals surface area contributed by atoms with Crippen molar-refractivity contribution in [1.29, 1.82) is 0 Å². The standard InChI is InChI=1S/C19H32N2/c1-3-17-11-8-13-19(16-20,14-12-17)21(4-2)15-18-9-6-5-7-10-18/h5-7,9-10,17H,3-4,8,11-16,20H2,1-2H3. The van der Waals surface area contributed by atoms with Gasteiger partial charge in [-0.25, -0.2) is 0 Å². The highest BCUT2D eigenvalue weighted by Crippen LogP contribution is 2.36. The van der Waals surface area contributed by atoms with Crippen molar-refractivity contribution >= 4 is 0 Å². The van der Waals surface area contributed by atoms with Gasteiger partial charge >= 0.3 is 0 Å². The maximum Gasteiger partial charge on any atom is 0.0335 e. The van der Waals surface area contributed by atoms with Crippen molar-refractivity contribution in [2.75, 3.05) is 13.1 Å². The first-order valence-corrected chi connectivity index (χ1v) is 8.73. The Labute approximate surface area is 130 Å². The van der Waals surface area contributed by atoms with E-state index in [1.165, 1.54) is 44.1 Å². The SMILES string of the molecule is CCC1CCCC(CN)(N(CC)Cc2ccccc2)CC1. The summed E-state index contributed by atoms with van der Waals surface area (Å²) in [6.45, 7) is 7.53. The summed E-state index contributed by atoms with van der Waals surface area (Å²) in [5, 5.41) is 0. The number of likely N-dealkylation sites (N-methyl/N-ethyl adjacent to an activating group) is 1. The van der Waals surface area contributed by atoms with E-state index in [0.717, 1.165) is 25.6 Å². The molecule has 1 aromatic carbocycles. The molecule has 1 fully saturated rings. The first-order chi connectivity index (χ1) is 10.2. The third-order valence-corrected chi connectivity index (χ3v) is 5.50. The average Bonchev–Trinajstić information content (AvgIpc) is 2.76. The molecule has 2 nitrogen and oxygen atoms in total. The minimum absolute atomic E-state index is 0.217. The van der Waals surface area contributed by atoms with Crippen LogP contribution in [0.4, 0.5) is 0 Å². The van der Waals surface area contributed by atoms with Crippen LogP contribution in [0.1, 0.15) is 57.9 Å². The van der Waals surface area contributed by atoms with Gasteiger partial charge in [0, 0.05) is 18.6 Å². The molecular weight excluding hydrogens is 256 g/mol. The lowest BCUT2D eigenvalue weighted by Gasteiger charge is -2.43. The molecule has 21 heavy (non-hydrogen) atoms. The minimum Gasteiger partial charge on any atom is -0.329 e. The van der Waals surface area contributed by atoms with Gasteiger partial charge < -0.3 is 5.73 Å². The number of benzene rings is 1. The van der Waals surface area contributed by atoms with E-state index in [9.17, 15) is 0 Å². The average molecular weight is 288 g/mol. The van der Waals surface area contributed by atoms with Crippen molar-refractivity contribution in [2.24, 2.45) is 11.7 Å². The van der Waals surface area contributed by atoms with Crippen molar-refractivity contribution < 1.29 is 0 Å². The fourth-order valence-electron chi connectivity index (χ4n) is 3.94. The van der Waals surface area contributed by atoms with E-state index in [0.29, 0.717) is 0 Å². The van der Waals surface area contributed by atoms with E-state index in [1.54, 1.807) is 0 Å². The molecule has 1 aliphatic rings. The molecule has 0 aliphatic heterocycles. The molecule has 0 radical (unpaired) electrons. The summed E-state index contributed by atoms with van der Waals surface area (Å²) in [6.07, 6.45) is 7.93. The predicted molar refractivity (Wildman–Crippen MR) is 91.2 cm³/mol. The van der Waals surface area contributed by atoms with Gasteiger partial charge in [-0.05, 0) is 37.3 Å². The number of hydrogen-bond acceptors (Lipinski definition) is 2. The maximum atomic E-state index is 6.28. The molecule has 1 saturated carbocycles. The van der Waals surface area contributed by atoms with Gasteiger partial charge in [-0.2, -0.15) is 0 Å². The predicted octanol–water partition coefficient (Wildman–Crippen LogP) is 4.20. The van der Waals surface area contributed by atoms with Crippen molar-refractivity contribution in [1.82, 2.24) is 4.90 Å². The van der Waals surface area contributed by atoms with Crippen LogP contribution in [-0.4, -0.2) is 23.5 Å². The Hall–Kier alpha value is -0.860. The second-order valence-electron chi connectivity index (χ2n) is 6.63. The molecule has 118 valence electrons. The van der Waals surface area contributed by atoms with Gasteiger partial charge in [-0.3, -0.25) is 4.90 Å². The molecule has 2 rings (SSSR count). The van der Waals surface area contributed by atoms with Crippen molar-refractivity contribution in [3.63, 3.8) is 0 Å². The Balaban J connectivity index is 2.12. The molecule has 2 heteroatoms. The molecule has 0 spiro atoms. The lowest BCUT2D eigenvalue weighted by Crippen LogP contribution is -2.53. The third kappa shape index (κ3) is 4.08. The summed E-state index contributed by atoms with van der Waals surface area (Å²) in [5.74, 6) is 0.911. The zero-order valence-corrected chi connectivity index (χ0v) is 13.9. The largest absolute Gasteiger partial charge is 0.329 e. The molecule has 0 saturated heterocycles. The quantitative estimate of drug-likeness (QED) is 0.795. The van der Waals surface area contributed by atoms with Crippen molar-refractivity contribution in [3.05, 3.63) is 35.9 Å². The van der Waals surface area contributed by atoms with Gasteiger partial charge in [0.2, 0.25) is 0 Å². The molecule has 0 bridgehead atoms. The van der Waals surface area contributed by atoms with E-state index in [-0.39, 0.29) is 5.54 Å². The van der Waals surface area contributed by atoms with E-state index in [4.69, 9.17) is 5.73 Å². The van der Waals surface area contributed by atoms with Gasteiger partial charge in [-0.1, -0.05) is 63.4 Å². The number of hydrogen-bond donors (Lipinski definition) is 1. The topological polar surface area (TPSA) is 29.3 Å². The normalized spacial score (nSPS) is 26.8. The Kier molecular flexibility index (Phi) is 6.25. The summed E-state index contributed by atoms with van der Waals surface area (Å²) in [4.78, 5) is 2.64. The van der Waals surface area contributed by atoms with Crippen LogP contribution in [0.2, 0.25) is 0 Å². The Bertz CT molecular complexity index is 403. The second-order valence-corrected chi connectivity index (χ2v) is 6.63. The van der Waals surface area contributed by atoms with Gasteiger partial charge in [-0.15, -0.1) is 0 Å². The number of nitrogens with zero attached hydrogens (tertiary/aromatic N) is 1. The van der Waals surface area contributed by atoms with Crippen LogP contribution < -0.4 is 5.73 Å². The van der Waals surface area contributed by atoms with E-state index in [1.807, 2.05) is 0 Å². The minimum atomic E-state index is 0.217. The van der Waals surface area contributed by atoms with Crippen LogP contribution in [0.3, 0.4) is 0 Å². The first kappa shape index (κ1) is 16.5. The molecular formula is C19H32N2. The molecule has 2 N–H and O–H groups in total. The smallest absolute Gasteiger partial charge is 0.0335 e. The second kappa shape index (κ2) is 7.95. The van der Waals surface area contributed by atoms with E-state index in [2.05, 4.69) is 49.1 Å². The van der Waals surface area contributed by atoms with Crippen LogP contribution in [0.5, 0.6) is 0 Å². The molecule has 1 aliphatic carbocycles.